The molecule has 19 heavy (non-hydrogen) atoms. The minimum absolute atomic E-state index is 0.822. The van der Waals surface area contributed by atoms with E-state index in [0.29, 0.717) is 0 Å². The van der Waals surface area contributed by atoms with Gasteiger partial charge in [-0.05, 0) is 56.1 Å². The molecule has 0 aliphatic carbocycles. The van der Waals surface area contributed by atoms with Crippen LogP contribution in [0.25, 0.3) is 0 Å². The number of nitrogens with one attached hydrogen (secondary N) is 2. The van der Waals surface area contributed by atoms with Gasteiger partial charge in [0.05, 0.1) is 6.61 Å². The van der Waals surface area contributed by atoms with Crippen molar-refractivity contribution in [2.75, 3.05) is 26.2 Å². The van der Waals surface area contributed by atoms with Crippen LogP contribution in [0.5, 0.6) is 5.75 Å². The quantitative estimate of drug-likeness (QED) is 0.892. The number of rotatable bonds is 4. The molecule has 1 aromatic rings. The lowest BCUT2D eigenvalue weighted by Crippen LogP contribution is -2.33. The fourth-order valence-electron chi connectivity index (χ4n) is 2.97. The summed E-state index contributed by atoms with van der Waals surface area (Å²) < 4.78 is 6.92. The third-order valence-electron chi connectivity index (χ3n) is 4.03. The summed E-state index contributed by atoms with van der Waals surface area (Å²) >= 11 is 3.59. The lowest BCUT2D eigenvalue weighted by atomic mass is 9.98. The molecule has 0 saturated carbocycles. The normalized spacial score (nSPS) is 19.2. The molecule has 3 rings (SSSR count). The van der Waals surface area contributed by atoms with E-state index in [9.17, 15) is 0 Å². The molecule has 1 aromatic carbocycles. The van der Waals surface area contributed by atoms with Gasteiger partial charge in [-0.3, -0.25) is 0 Å². The van der Waals surface area contributed by atoms with Crippen molar-refractivity contribution in [3.8, 4) is 5.75 Å². The SMILES string of the molecule is Brc1cc2c(c(CNCC3CCNCC3)c1)OCC2. The number of ether oxygens (including phenoxy) is 1. The Morgan fingerprint density at radius 1 is 1.32 bits per heavy atom. The summed E-state index contributed by atoms with van der Waals surface area (Å²) in [4.78, 5) is 0. The standard InChI is InChI=1S/C15H21BrN2O/c16-14-7-12-3-6-19-15(12)13(8-14)10-18-9-11-1-4-17-5-2-11/h7-8,11,17-18H,1-6,9-10H2. The highest BCUT2D eigenvalue weighted by Gasteiger charge is 2.18. The molecule has 104 valence electrons. The zero-order valence-corrected chi connectivity index (χ0v) is 12.8. The van der Waals surface area contributed by atoms with Gasteiger partial charge in [0.25, 0.3) is 0 Å². The maximum Gasteiger partial charge on any atom is 0.127 e. The molecule has 2 aliphatic rings. The van der Waals surface area contributed by atoms with E-state index in [1.807, 2.05) is 0 Å². The van der Waals surface area contributed by atoms with Gasteiger partial charge in [0.15, 0.2) is 0 Å². The van der Waals surface area contributed by atoms with E-state index in [0.717, 1.165) is 42.3 Å². The first-order valence-corrected chi connectivity index (χ1v) is 7.98. The Labute approximate surface area is 123 Å². The van der Waals surface area contributed by atoms with Crippen LogP contribution in [0.15, 0.2) is 16.6 Å². The predicted octanol–water partition coefficient (Wildman–Crippen LogP) is 2.47. The third kappa shape index (κ3) is 3.30. The Balaban J connectivity index is 1.57. The average Bonchev–Trinajstić information content (AvgIpc) is 2.88. The monoisotopic (exact) mass is 324 g/mol. The number of fused-ring (bicyclic) bond motifs is 1. The second-order valence-electron chi connectivity index (χ2n) is 5.48. The first-order chi connectivity index (χ1) is 9.33. The molecule has 0 aromatic heterocycles. The van der Waals surface area contributed by atoms with E-state index in [-0.39, 0.29) is 0 Å². The van der Waals surface area contributed by atoms with Crippen molar-refractivity contribution in [3.63, 3.8) is 0 Å². The summed E-state index contributed by atoms with van der Waals surface area (Å²) in [5.74, 6) is 1.93. The van der Waals surface area contributed by atoms with Crippen LogP contribution < -0.4 is 15.4 Å². The number of benzene rings is 1. The van der Waals surface area contributed by atoms with Crippen molar-refractivity contribution in [1.82, 2.24) is 10.6 Å². The van der Waals surface area contributed by atoms with Crippen LogP contribution in [0.4, 0.5) is 0 Å². The summed E-state index contributed by atoms with van der Waals surface area (Å²) in [6, 6.07) is 4.36. The maximum atomic E-state index is 5.76. The molecule has 0 spiro atoms. The highest BCUT2D eigenvalue weighted by atomic mass is 79.9. The molecule has 1 saturated heterocycles. The Hall–Kier alpha value is -0.580. The summed E-state index contributed by atoms with van der Waals surface area (Å²) in [5.41, 5.74) is 2.63. The predicted molar refractivity (Wildman–Crippen MR) is 80.6 cm³/mol. The highest BCUT2D eigenvalue weighted by molar-refractivity contribution is 9.10. The van der Waals surface area contributed by atoms with Gasteiger partial charge >= 0.3 is 0 Å². The van der Waals surface area contributed by atoms with E-state index < -0.39 is 0 Å². The highest BCUT2D eigenvalue weighted by Crippen LogP contribution is 2.32. The van der Waals surface area contributed by atoms with Gasteiger partial charge < -0.3 is 15.4 Å². The van der Waals surface area contributed by atoms with Crippen molar-refractivity contribution >= 4 is 15.9 Å². The Morgan fingerprint density at radius 3 is 3.00 bits per heavy atom. The van der Waals surface area contributed by atoms with Crippen LogP contribution in [0.1, 0.15) is 24.0 Å². The van der Waals surface area contributed by atoms with Crippen molar-refractivity contribution in [1.29, 1.82) is 0 Å². The topological polar surface area (TPSA) is 33.3 Å². The van der Waals surface area contributed by atoms with Crippen LogP contribution in [0.2, 0.25) is 0 Å². The lowest BCUT2D eigenvalue weighted by molar-refractivity contribution is 0.344. The first-order valence-electron chi connectivity index (χ1n) is 7.18. The second-order valence-corrected chi connectivity index (χ2v) is 6.39. The fourth-order valence-corrected chi connectivity index (χ4v) is 3.53. The summed E-state index contributed by atoms with van der Waals surface area (Å²) in [5, 5.41) is 7.01. The lowest BCUT2D eigenvalue weighted by Gasteiger charge is -2.23. The minimum atomic E-state index is 0.822. The largest absolute Gasteiger partial charge is 0.493 e. The van der Waals surface area contributed by atoms with E-state index in [4.69, 9.17) is 4.74 Å². The zero-order valence-electron chi connectivity index (χ0n) is 11.2. The van der Waals surface area contributed by atoms with Crippen molar-refractivity contribution < 1.29 is 4.74 Å². The van der Waals surface area contributed by atoms with E-state index in [2.05, 4.69) is 38.7 Å². The number of piperidine rings is 1. The van der Waals surface area contributed by atoms with E-state index in [1.165, 1.54) is 37.1 Å². The molecule has 1 fully saturated rings. The molecule has 0 atom stereocenters. The summed E-state index contributed by atoms with van der Waals surface area (Å²) in [7, 11) is 0. The van der Waals surface area contributed by atoms with Crippen LogP contribution in [0.3, 0.4) is 0 Å². The van der Waals surface area contributed by atoms with Gasteiger partial charge in [0.1, 0.15) is 5.75 Å². The smallest absolute Gasteiger partial charge is 0.127 e. The Morgan fingerprint density at radius 2 is 2.16 bits per heavy atom. The third-order valence-corrected chi connectivity index (χ3v) is 4.49. The molecule has 3 nitrogen and oxygen atoms in total. The number of hydrogen-bond acceptors (Lipinski definition) is 3. The van der Waals surface area contributed by atoms with Gasteiger partial charge in [0.2, 0.25) is 0 Å². The fraction of sp³-hybridized carbons (Fsp3) is 0.600. The van der Waals surface area contributed by atoms with E-state index >= 15 is 0 Å². The van der Waals surface area contributed by atoms with Crippen LogP contribution in [0, 0.1) is 5.92 Å². The number of hydrogen-bond donors (Lipinski definition) is 2. The van der Waals surface area contributed by atoms with Gasteiger partial charge in [-0.1, -0.05) is 15.9 Å². The number of halogens is 1. The molecule has 2 heterocycles. The van der Waals surface area contributed by atoms with Gasteiger partial charge in [-0.15, -0.1) is 0 Å². The first kappa shape index (κ1) is 13.4. The van der Waals surface area contributed by atoms with Crippen LogP contribution in [-0.2, 0) is 13.0 Å². The second kappa shape index (κ2) is 6.25. The van der Waals surface area contributed by atoms with E-state index in [1.54, 1.807) is 0 Å². The van der Waals surface area contributed by atoms with Gasteiger partial charge in [-0.2, -0.15) is 0 Å². The average molecular weight is 325 g/mol. The molecule has 0 unspecified atom stereocenters. The zero-order chi connectivity index (χ0) is 13.1. The Kier molecular flexibility index (Phi) is 4.41. The molecular weight excluding hydrogens is 304 g/mol. The summed E-state index contributed by atoms with van der Waals surface area (Å²) in [6.45, 7) is 5.19. The van der Waals surface area contributed by atoms with Crippen molar-refractivity contribution in [2.24, 2.45) is 5.92 Å². The van der Waals surface area contributed by atoms with Crippen LogP contribution in [-0.4, -0.2) is 26.2 Å². The van der Waals surface area contributed by atoms with Gasteiger partial charge in [-0.25, -0.2) is 0 Å². The van der Waals surface area contributed by atoms with Crippen molar-refractivity contribution in [2.45, 2.75) is 25.8 Å². The van der Waals surface area contributed by atoms with Crippen molar-refractivity contribution in [3.05, 3.63) is 27.7 Å². The van der Waals surface area contributed by atoms with Gasteiger partial charge in [0, 0.05) is 23.0 Å². The molecule has 4 heteroatoms. The molecule has 2 aliphatic heterocycles. The van der Waals surface area contributed by atoms with Crippen LogP contribution >= 0.6 is 15.9 Å². The molecule has 0 radical (unpaired) electrons. The minimum Gasteiger partial charge on any atom is -0.493 e. The molecular formula is C15H21BrN2O. The molecule has 0 bridgehead atoms. The maximum absolute atomic E-state index is 5.76. The Bertz CT molecular complexity index is 444. The summed E-state index contributed by atoms with van der Waals surface area (Å²) in [6.07, 6.45) is 3.62. The molecule has 0 amide bonds. The molecule has 2 N–H and O–H groups in total.